The summed E-state index contributed by atoms with van der Waals surface area (Å²) in [5.41, 5.74) is 1.92. The Kier molecular flexibility index (Phi) is 5.62. The van der Waals surface area contributed by atoms with Crippen molar-refractivity contribution in [1.82, 2.24) is 4.90 Å². The fourth-order valence-electron chi connectivity index (χ4n) is 2.90. The molecule has 0 bridgehead atoms. The van der Waals surface area contributed by atoms with E-state index in [0.717, 1.165) is 50.3 Å². The zero-order valence-corrected chi connectivity index (χ0v) is 13.1. The van der Waals surface area contributed by atoms with E-state index in [-0.39, 0.29) is 12.5 Å². The third-order valence-corrected chi connectivity index (χ3v) is 4.40. The quantitative estimate of drug-likeness (QED) is 0.905. The Bertz CT molecular complexity index is 446. The fraction of sp³-hybridized carbons (Fsp3) is 0.588. The molecule has 0 spiro atoms. The molecule has 0 aromatic heterocycles. The van der Waals surface area contributed by atoms with Crippen LogP contribution in [0.2, 0.25) is 0 Å². The summed E-state index contributed by atoms with van der Waals surface area (Å²) in [5, 5.41) is 9.15. The smallest absolute Gasteiger partial charge is 0.253 e. The van der Waals surface area contributed by atoms with Crippen molar-refractivity contribution in [3.05, 3.63) is 29.8 Å². The van der Waals surface area contributed by atoms with Crippen molar-refractivity contribution < 1.29 is 9.90 Å². The van der Waals surface area contributed by atoms with Crippen molar-refractivity contribution >= 4 is 11.6 Å². The summed E-state index contributed by atoms with van der Waals surface area (Å²) in [5.74, 6) is 0.469. The van der Waals surface area contributed by atoms with Gasteiger partial charge in [0.25, 0.3) is 5.91 Å². The van der Waals surface area contributed by atoms with Crippen LogP contribution in [0.1, 0.15) is 37.0 Å². The number of piperidine rings is 1. The van der Waals surface area contributed by atoms with Gasteiger partial charge in [-0.2, -0.15) is 0 Å². The van der Waals surface area contributed by atoms with Gasteiger partial charge < -0.3 is 14.9 Å². The molecule has 1 heterocycles. The van der Waals surface area contributed by atoms with E-state index in [4.69, 9.17) is 5.11 Å². The van der Waals surface area contributed by atoms with Crippen LogP contribution < -0.4 is 4.90 Å². The summed E-state index contributed by atoms with van der Waals surface area (Å²) in [6, 6.07) is 7.91. The molecule has 4 nitrogen and oxygen atoms in total. The number of hydrogen-bond donors (Lipinski definition) is 1. The summed E-state index contributed by atoms with van der Waals surface area (Å²) in [7, 11) is 0. The molecule has 1 aromatic carbocycles. The van der Waals surface area contributed by atoms with Crippen molar-refractivity contribution in [2.24, 2.45) is 5.92 Å². The maximum Gasteiger partial charge on any atom is 0.253 e. The van der Waals surface area contributed by atoms with E-state index in [0.29, 0.717) is 5.92 Å². The minimum Gasteiger partial charge on any atom is -0.396 e. The maximum atomic E-state index is 12.5. The van der Waals surface area contributed by atoms with Gasteiger partial charge in [0.2, 0.25) is 0 Å². The first kappa shape index (κ1) is 15.8. The second-order valence-electron chi connectivity index (χ2n) is 5.64. The Morgan fingerprint density at radius 2 is 1.76 bits per heavy atom. The molecule has 1 saturated heterocycles. The first-order chi connectivity index (χ1) is 10.2. The molecule has 21 heavy (non-hydrogen) atoms. The molecule has 0 unspecified atom stereocenters. The lowest BCUT2D eigenvalue weighted by molar-refractivity contribution is 0.0651. The zero-order valence-electron chi connectivity index (χ0n) is 13.1. The third kappa shape index (κ3) is 3.76. The third-order valence-electron chi connectivity index (χ3n) is 4.40. The number of aliphatic hydroxyl groups is 1. The normalized spacial score (nSPS) is 16.0. The first-order valence-electron chi connectivity index (χ1n) is 7.94. The summed E-state index contributed by atoms with van der Waals surface area (Å²) in [6.45, 7) is 7.95. The highest BCUT2D eigenvalue weighted by atomic mass is 16.3. The average molecular weight is 290 g/mol. The Balaban J connectivity index is 2.00. The van der Waals surface area contributed by atoms with Gasteiger partial charge in [0.15, 0.2) is 0 Å². The van der Waals surface area contributed by atoms with Crippen LogP contribution in [0.4, 0.5) is 5.69 Å². The number of hydrogen-bond acceptors (Lipinski definition) is 3. The average Bonchev–Trinajstić information content (AvgIpc) is 2.56. The summed E-state index contributed by atoms with van der Waals surface area (Å²) < 4.78 is 0. The van der Waals surface area contributed by atoms with E-state index >= 15 is 0 Å². The van der Waals surface area contributed by atoms with E-state index in [1.54, 1.807) is 0 Å². The molecular weight excluding hydrogens is 264 g/mol. The number of amides is 1. The van der Waals surface area contributed by atoms with Gasteiger partial charge >= 0.3 is 0 Å². The van der Waals surface area contributed by atoms with Crippen LogP contribution in [-0.2, 0) is 0 Å². The van der Waals surface area contributed by atoms with Gasteiger partial charge in [-0.3, -0.25) is 4.79 Å². The first-order valence-corrected chi connectivity index (χ1v) is 7.94. The number of benzene rings is 1. The standard InChI is InChI=1S/C17H26N2O2/c1-3-18(4-2)16-7-5-15(6-8-16)17(21)19-11-9-14(13-20)10-12-19/h5-8,14,20H,3-4,9-13H2,1-2H3. The van der Waals surface area contributed by atoms with Gasteiger partial charge in [-0.25, -0.2) is 0 Å². The van der Waals surface area contributed by atoms with Gasteiger partial charge in [0, 0.05) is 44.0 Å². The minimum atomic E-state index is 0.109. The van der Waals surface area contributed by atoms with Crippen LogP contribution in [0, 0.1) is 5.92 Å². The SMILES string of the molecule is CCN(CC)c1ccc(C(=O)N2CCC(CO)CC2)cc1. The number of likely N-dealkylation sites (tertiary alicyclic amines) is 1. The number of nitrogens with zero attached hydrogens (tertiary/aromatic N) is 2. The molecule has 1 aromatic rings. The summed E-state index contributed by atoms with van der Waals surface area (Å²) in [4.78, 5) is 16.6. The maximum absolute atomic E-state index is 12.5. The van der Waals surface area contributed by atoms with Crippen molar-refractivity contribution in [1.29, 1.82) is 0 Å². The molecule has 1 N–H and O–H groups in total. The molecule has 0 atom stereocenters. The zero-order chi connectivity index (χ0) is 15.2. The van der Waals surface area contributed by atoms with Gasteiger partial charge in [-0.15, -0.1) is 0 Å². The molecule has 4 heteroatoms. The minimum absolute atomic E-state index is 0.109. The number of anilines is 1. The topological polar surface area (TPSA) is 43.8 Å². The predicted molar refractivity (Wildman–Crippen MR) is 85.7 cm³/mol. The van der Waals surface area contributed by atoms with E-state index in [2.05, 4.69) is 18.7 Å². The molecule has 116 valence electrons. The van der Waals surface area contributed by atoms with Crippen molar-refractivity contribution in [2.45, 2.75) is 26.7 Å². The Morgan fingerprint density at radius 3 is 2.24 bits per heavy atom. The van der Waals surface area contributed by atoms with Crippen LogP contribution in [0.25, 0.3) is 0 Å². The van der Waals surface area contributed by atoms with E-state index < -0.39 is 0 Å². The molecule has 2 rings (SSSR count). The molecular formula is C17H26N2O2. The molecule has 1 amide bonds. The van der Waals surface area contributed by atoms with Crippen molar-refractivity contribution in [3.8, 4) is 0 Å². The van der Waals surface area contributed by atoms with Crippen LogP contribution in [0.5, 0.6) is 0 Å². The molecule has 0 saturated carbocycles. The van der Waals surface area contributed by atoms with Gasteiger partial charge in [-0.05, 0) is 56.9 Å². The molecule has 1 aliphatic heterocycles. The van der Waals surface area contributed by atoms with Crippen LogP contribution in [-0.4, -0.2) is 48.7 Å². The van der Waals surface area contributed by atoms with E-state index in [1.807, 2.05) is 29.2 Å². The largest absolute Gasteiger partial charge is 0.396 e. The van der Waals surface area contributed by atoms with Gasteiger partial charge in [0.1, 0.15) is 0 Å². The highest BCUT2D eigenvalue weighted by Gasteiger charge is 2.23. The monoisotopic (exact) mass is 290 g/mol. The second kappa shape index (κ2) is 7.46. The highest BCUT2D eigenvalue weighted by Crippen LogP contribution is 2.20. The predicted octanol–water partition coefficient (Wildman–Crippen LogP) is 2.38. The van der Waals surface area contributed by atoms with Crippen LogP contribution in [0.3, 0.4) is 0 Å². The lowest BCUT2D eigenvalue weighted by Crippen LogP contribution is -2.39. The summed E-state index contributed by atoms with van der Waals surface area (Å²) >= 11 is 0. The van der Waals surface area contributed by atoms with Crippen LogP contribution >= 0.6 is 0 Å². The van der Waals surface area contributed by atoms with Gasteiger partial charge in [0.05, 0.1) is 0 Å². The highest BCUT2D eigenvalue weighted by molar-refractivity contribution is 5.94. The number of carbonyl (C=O) groups is 1. The molecule has 0 aliphatic carbocycles. The molecule has 1 aliphatic rings. The molecule has 1 fully saturated rings. The number of aliphatic hydroxyl groups excluding tert-OH is 1. The second-order valence-corrected chi connectivity index (χ2v) is 5.64. The van der Waals surface area contributed by atoms with E-state index in [1.165, 1.54) is 0 Å². The molecule has 0 radical (unpaired) electrons. The summed E-state index contributed by atoms with van der Waals surface area (Å²) in [6.07, 6.45) is 1.81. The Labute approximate surface area is 127 Å². The van der Waals surface area contributed by atoms with Crippen molar-refractivity contribution in [3.63, 3.8) is 0 Å². The fourth-order valence-corrected chi connectivity index (χ4v) is 2.90. The lowest BCUT2D eigenvalue weighted by Gasteiger charge is -2.31. The Morgan fingerprint density at radius 1 is 1.19 bits per heavy atom. The van der Waals surface area contributed by atoms with E-state index in [9.17, 15) is 4.79 Å². The van der Waals surface area contributed by atoms with Gasteiger partial charge in [-0.1, -0.05) is 0 Å². The van der Waals surface area contributed by atoms with Crippen LogP contribution in [0.15, 0.2) is 24.3 Å². The Hall–Kier alpha value is -1.55. The number of rotatable bonds is 5. The number of carbonyl (C=O) groups excluding carboxylic acids is 1. The van der Waals surface area contributed by atoms with Crippen molar-refractivity contribution in [2.75, 3.05) is 37.7 Å². The lowest BCUT2D eigenvalue weighted by atomic mass is 9.97.